The summed E-state index contributed by atoms with van der Waals surface area (Å²) >= 11 is 0.904. The predicted octanol–water partition coefficient (Wildman–Crippen LogP) is 4.60. The Kier molecular flexibility index (Phi) is 7.16. The van der Waals surface area contributed by atoms with Crippen LogP contribution >= 0.6 is 11.8 Å². The first kappa shape index (κ1) is 24.1. The van der Waals surface area contributed by atoms with Crippen molar-refractivity contribution in [3.8, 4) is 5.69 Å². The van der Waals surface area contributed by atoms with Gasteiger partial charge in [0.15, 0.2) is 0 Å². The number of hydrogen-bond acceptors (Lipinski definition) is 5. The number of amides is 3. The molecule has 1 aromatic heterocycles. The second kappa shape index (κ2) is 10.1. The number of benzene rings is 1. The van der Waals surface area contributed by atoms with Crippen molar-refractivity contribution in [2.45, 2.75) is 40.5 Å². The van der Waals surface area contributed by atoms with Crippen LogP contribution in [0.3, 0.4) is 0 Å². The van der Waals surface area contributed by atoms with Gasteiger partial charge in [0.25, 0.3) is 11.1 Å². The number of thioether (sulfide) groups is 1. The second-order valence-electron chi connectivity index (χ2n) is 8.71. The van der Waals surface area contributed by atoms with E-state index in [1.54, 1.807) is 11.0 Å². The van der Waals surface area contributed by atoms with Crippen molar-refractivity contribution in [3.05, 3.63) is 52.2 Å². The van der Waals surface area contributed by atoms with Gasteiger partial charge in [0.05, 0.1) is 4.91 Å². The molecule has 0 unspecified atom stereocenters. The van der Waals surface area contributed by atoms with E-state index in [9.17, 15) is 14.4 Å². The molecule has 3 amide bonds. The highest BCUT2D eigenvalue weighted by Gasteiger charge is 2.37. The number of hydrogen-bond donors (Lipinski definition) is 0. The lowest BCUT2D eigenvalue weighted by Gasteiger charge is -2.21. The average molecular weight is 481 g/mol. The van der Waals surface area contributed by atoms with Crippen LogP contribution in [0.2, 0.25) is 0 Å². The van der Waals surface area contributed by atoms with E-state index in [0.717, 1.165) is 65.2 Å². The number of carbonyl (C=O) groups excluding carboxylic acids is 3. The lowest BCUT2D eigenvalue weighted by Crippen LogP contribution is -2.40. The van der Waals surface area contributed by atoms with Crippen molar-refractivity contribution in [1.82, 2.24) is 14.4 Å². The van der Waals surface area contributed by atoms with E-state index in [2.05, 4.69) is 47.6 Å². The van der Waals surface area contributed by atoms with Crippen LogP contribution in [0, 0.1) is 13.8 Å². The van der Waals surface area contributed by atoms with Crippen molar-refractivity contribution in [2.75, 3.05) is 37.6 Å². The van der Waals surface area contributed by atoms with Crippen molar-refractivity contribution in [3.63, 3.8) is 0 Å². The van der Waals surface area contributed by atoms with E-state index in [4.69, 9.17) is 0 Å². The van der Waals surface area contributed by atoms with Gasteiger partial charge in [0, 0.05) is 48.9 Å². The molecular weight excluding hydrogens is 448 g/mol. The van der Waals surface area contributed by atoms with Crippen molar-refractivity contribution in [2.24, 2.45) is 0 Å². The highest BCUT2D eigenvalue weighted by atomic mass is 32.2. The van der Waals surface area contributed by atoms with Crippen LogP contribution in [-0.4, -0.2) is 64.1 Å². The van der Waals surface area contributed by atoms with Crippen LogP contribution < -0.4 is 4.90 Å². The lowest BCUT2D eigenvalue weighted by molar-refractivity contribution is -0.135. The van der Waals surface area contributed by atoms with Crippen molar-refractivity contribution in [1.29, 1.82) is 0 Å². The van der Waals surface area contributed by atoms with E-state index in [1.165, 1.54) is 5.69 Å². The van der Waals surface area contributed by atoms with E-state index >= 15 is 0 Å². The summed E-state index contributed by atoms with van der Waals surface area (Å²) in [6.45, 7) is 11.5. The van der Waals surface area contributed by atoms with Crippen LogP contribution in [0.5, 0.6) is 0 Å². The smallest absolute Gasteiger partial charge is 0.294 e. The first-order chi connectivity index (χ1) is 16.3. The number of anilines is 1. The maximum atomic E-state index is 12.9. The minimum Gasteiger partial charge on any atom is -0.372 e. The van der Waals surface area contributed by atoms with Crippen LogP contribution in [-0.2, 0) is 9.59 Å². The van der Waals surface area contributed by atoms with Gasteiger partial charge in [-0.05, 0) is 94.3 Å². The van der Waals surface area contributed by atoms with Gasteiger partial charge in [-0.3, -0.25) is 19.3 Å². The zero-order valence-electron chi connectivity index (χ0n) is 20.3. The Morgan fingerprint density at radius 3 is 2.32 bits per heavy atom. The standard InChI is InChI=1S/C26H32N4O3S/c1-5-27(6-2)21-9-11-22(12-10-21)30-18(3)15-20(19(30)4)16-23-25(32)29(26(33)34-23)17-24(31)28-13-7-8-14-28/h9-12,15-16H,5-8,13-14,17H2,1-4H3. The number of nitrogens with zero attached hydrogens (tertiary/aromatic N) is 4. The highest BCUT2D eigenvalue weighted by molar-refractivity contribution is 8.18. The fourth-order valence-corrected chi connectivity index (χ4v) is 5.54. The number of imide groups is 1. The van der Waals surface area contributed by atoms with E-state index < -0.39 is 5.91 Å². The summed E-state index contributed by atoms with van der Waals surface area (Å²) in [7, 11) is 0. The van der Waals surface area contributed by atoms with Gasteiger partial charge in [-0.25, -0.2) is 0 Å². The lowest BCUT2D eigenvalue weighted by atomic mass is 10.2. The number of rotatable bonds is 7. The van der Waals surface area contributed by atoms with Crippen LogP contribution in [0.15, 0.2) is 35.2 Å². The Balaban J connectivity index is 1.55. The average Bonchev–Trinajstić information content (AvgIpc) is 3.52. The molecule has 0 bridgehead atoms. The Morgan fingerprint density at radius 1 is 1.06 bits per heavy atom. The minimum absolute atomic E-state index is 0.160. The summed E-state index contributed by atoms with van der Waals surface area (Å²) < 4.78 is 2.15. The third-order valence-corrected chi connectivity index (χ3v) is 7.53. The molecule has 180 valence electrons. The molecule has 4 rings (SSSR count). The molecule has 0 aliphatic carbocycles. The molecule has 34 heavy (non-hydrogen) atoms. The summed E-state index contributed by atoms with van der Waals surface area (Å²) in [5.74, 6) is -0.552. The molecule has 2 saturated heterocycles. The zero-order chi connectivity index (χ0) is 24.4. The number of carbonyl (C=O) groups is 3. The van der Waals surface area contributed by atoms with Gasteiger partial charge in [-0.2, -0.15) is 0 Å². The maximum Gasteiger partial charge on any atom is 0.294 e. The Labute approximate surface area is 205 Å². The predicted molar refractivity (Wildman–Crippen MR) is 137 cm³/mol. The Bertz CT molecular complexity index is 1130. The van der Waals surface area contributed by atoms with Gasteiger partial charge in [0.2, 0.25) is 5.91 Å². The largest absolute Gasteiger partial charge is 0.372 e. The summed E-state index contributed by atoms with van der Waals surface area (Å²) in [5, 5.41) is -0.385. The molecule has 8 heteroatoms. The fraction of sp³-hybridized carbons (Fsp3) is 0.423. The molecule has 2 aliphatic heterocycles. The van der Waals surface area contributed by atoms with Crippen molar-refractivity contribution < 1.29 is 14.4 Å². The topological polar surface area (TPSA) is 65.9 Å². The highest BCUT2D eigenvalue weighted by Crippen LogP contribution is 2.34. The summed E-state index contributed by atoms with van der Waals surface area (Å²) in [6, 6.07) is 10.5. The Morgan fingerprint density at radius 2 is 1.71 bits per heavy atom. The van der Waals surface area contributed by atoms with Gasteiger partial charge < -0.3 is 14.4 Å². The van der Waals surface area contributed by atoms with E-state index in [1.807, 2.05) is 19.9 Å². The van der Waals surface area contributed by atoms with Crippen LogP contribution in [0.25, 0.3) is 11.8 Å². The van der Waals surface area contributed by atoms with Gasteiger partial charge in [-0.1, -0.05) is 0 Å². The maximum absolute atomic E-state index is 12.9. The number of aryl methyl sites for hydroxylation is 1. The molecule has 0 N–H and O–H groups in total. The first-order valence-electron chi connectivity index (χ1n) is 11.9. The molecule has 0 saturated carbocycles. The summed E-state index contributed by atoms with van der Waals surface area (Å²) in [5.41, 5.74) is 5.17. The third-order valence-electron chi connectivity index (χ3n) is 6.62. The van der Waals surface area contributed by atoms with Gasteiger partial charge in [-0.15, -0.1) is 0 Å². The molecule has 1 aromatic carbocycles. The molecule has 7 nitrogen and oxygen atoms in total. The molecule has 3 heterocycles. The zero-order valence-corrected chi connectivity index (χ0v) is 21.2. The van der Waals surface area contributed by atoms with Crippen LogP contribution in [0.4, 0.5) is 10.5 Å². The third kappa shape index (κ3) is 4.64. The molecule has 0 radical (unpaired) electrons. The van der Waals surface area contributed by atoms with E-state index in [-0.39, 0.29) is 17.7 Å². The van der Waals surface area contributed by atoms with E-state index in [0.29, 0.717) is 18.0 Å². The van der Waals surface area contributed by atoms with Crippen LogP contribution in [0.1, 0.15) is 43.6 Å². The minimum atomic E-state index is -0.393. The quantitative estimate of drug-likeness (QED) is 0.542. The van der Waals surface area contributed by atoms with Gasteiger partial charge in [0.1, 0.15) is 6.54 Å². The summed E-state index contributed by atoms with van der Waals surface area (Å²) in [6.07, 6.45) is 3.72. The molecule has 0 atom stereocenters. The Hall–Kier alpha value is -3.00. The number of likely N-dealkylation sites (tertiary alicyclic amines) is 1. The second-order valence-corrected chi connectivity index (χ2v) is 9.70. The summed E-state index contributed by atoms with van der Waals surface area (Å²) in [4.78, 5) is 43.4. The molecule has 0 spiro atoms. The monoisotopic (exact) mass is 480 g/mol. The molecule has 2 fully saturated rings. The van der Waals surface area contributed by atoms with Crippen molar-refractivity contribution >= 4 is 40.6 Å². The molecule has 2 aromatic rings. The normalized spacial score (nSPS) is 17.4. The SMILES string of the molecule is CCN(CC)c1ccc(-n2c(C)cc(C=C3SC(=O)N(CC(=O)N4CCCC4)C3=O)c2C)cc1. The van der Waals surface area contributed by atoms with Gasteiger partial charge >= 0.3 is 0 Å². The first-order valence-corrected chi connectivity index (χ1v) is 12.7. The fourth-order valence-electron chi connectivity index (χ4n) is 4.71. The molecule has 2 aliphatic rings. The molecular formula is C26H32N4O3S. The number of aromatic nitrogens is 1.